The van der Waals surface area contributed by atoms with Crippen LogP contribution in [0.25, 0.3) is 16.8 Å². The summed E-state index contributed by atoms with van der Waals surface area (Å²) in [6.07, 6.45) is 1.62. The first-order valence-corrected chi connectivity index (χ1v) is 6.63. The number of nitrogens with one attached hydrogen (secondary N) is 1. The van der Waals surface area contributed by atoms with Gasteiger partial charge in [0, 0.05) is 13.7 Å². The molecule has 2 aromatic carbocycles. The van der Waals surface area contributed by atoms with Crippen LogP contribution in [0.15, 0.2) is 48.0 Å². The molecule has 0 aliphatic rings. The van der Waals surface area contributed by atoms with Gasteiger partial charge in [-0.25, -0.2) is 0 Å². The third-order valence-electron chi connectivity index (χ3n) is 3.08. The first-order valence-electron chi connectivity index (χ1n) is 6.63. The minimum absolute atomic E-state index is 0.0856. The summed E-state index contributed by atoms with van der Waals surface area (Å²) in [6.45, 7) is 0.794. The normalized spacial score (nSPS) is 11.1. The van der Waals surface area contributed by atoms with Crippen molar-refractivity contribution in [2.75, 3.05) is 20.3 Å². The topological polar surface area (TPSA) is 62.1 Å². The lowest BCUT2D eigenvalue weighted by Gasteiger charge is -2.05. The highest BCUT2D eigenvalue weighted by Gasteiger charge is 2.09. The number of hydrogen-bond acceptors (Lipinski definition) is 3. The molecule has 0 heterocycles. The molecule has 4 heteroatoms. The van der Waals surface area contributed by atoms with E-state index in [0.717, 1.165) is 16.3 Å². The van der Waals surface area contributed by atoms with E-state index < -0.39 is 0 Å². The molecule has 2 aromatic rings. The summed E-state index contributed by atoms with van der Waals surface area (Å²) >= 11 is 0. The Morgan fingerprint density at radius 2 is 2.05 bits per heavy atom. The second kappa shape index (κ2) is 7.22. The smallest absolute Gasteiger partial charge is 0.262 e. The molecule has 1 amide bonds. The van der Waals surface area contributed by atoms with Gasteiger partial charge in [0.1, 0.15) is 11.6 Å². The Labute approximate surface area is 123 Å². The minimum atomic E-state index is -0.387. The molecule has 0 aliphatic carbocycles. The monoisotopic (exact) mass is 280 g/mol. The number of carbonyl (C=O) groups is 1. The summed E-state index contributed by atoms with van der Waals surface area (Å²) in [4.78, 5) is 11.9. The van der Waals surface area contributed by atoms with Gasteiger partial charge in [-0.1, -0.05) is 42.5 Å². The quantitative estimate of drug-likeness (QED) is 0.520. The van der Waals surface area contributed by atoms with Crippen LogP contribution < -0.4 is 5.32 Å². The molecule has 0 saturated heterocycles. The standard InChI is InChI=1S/C17H16N2O2/c1-21-10-9-19-17(20)15(12-18)11-14-7-4-6-13-5-2-3-8-16(13)14/h2-8,11H,9-10H2,1H3,(H,19,20). The van der Waals surface area contributed by atoms with Crippen molar-refractivity contribution in [2.45, 2.75) is 0 Å². The van der Waals surface area contributed by atoms with Crippen molar-refractivity contribution in [3.05, 3.63) is 53.6 Å². The predicted octanol–water partition coefficient (Wildman–Crippen LogP) is 2.51. The Bertz CT molecular complexity index is 709. The van der Waals surface area contributed by atoms with Crippen LogP contribution in [0.4, 0.5) is 0 Å². The fourth-order valence-electron chi connectivity index (χ4n) is 2.04. The highest BCUT2D eigenvalue weighted by molar-refractivity contribution is 6.04. The van der Waals surface area contributed by atoms with Crippen molar-refractivity contribution in [3.63, 3.8) is 0 Å². The van der Waals surface area contributed by atoms with Gasteiger partial charge in [0.2, 0.25) is 0 Å². The Balaban J connectivity index is 2.30. The summed E-state index contributed by atoms with van der Waals surface area (Å²) in [5.74, 6) is -0.387. The van der Waals surface area contributed by atoms with E-state index >= 15 is 0 Å². The third kappa shape index (κ3) is 3.68. The number of amides is 1. The van der Waals surface area contributed by atoms with Crippen molar-refractivity contribution in [3.8, 4) is 6.07 Å². The molecule has 0 bridgehead atoms. The Morgan fingerprint density at radius 1 is 1.29 bits per heavy atom. The van der Waals surface area contributed by atoms with Gasteiger partial charge in [-0.15, -0.1) is 0 Å². The number of hydrogen-bond donors (Lipinski definition) is 1. The summed E-state index contributed by atoms with van der Waals surface area (Å²) < 4.78 is 4.86. The zero-order valence-corrected chi connectivity index (χ0v) is 11.8. The highest BCUT2D eigenvalue weighted by Crippen LogP contribution is 2.20. The van der Waals surface area contributed by atoms with E-state index in [-0.39, 0.29) is 11.5 Å². The molecule has 0 unspecified atom stereocenters. The van der Waals surface area contributed by atoms with Crippen LogP contribution >= 0.6 is 0 Å². The number of nitriles is 1. The van der Waals surface area contributed by atoms with E-state index in [9.17, 15) is 10.1 Å². The fraction of sp³-hybridized carbons (Fsp3) is 0.176. The largest absolute Gasteiger partial charge is 0.383 e. The average molecular weight is 280 g/mol. The lowest BCUT2D eigenvalue weighted by atomic mass is 10.0. The van der Waals surface area contributed by atoms with Gasteiger partial charge >= 0.3 is 0 Å². The molecule has 0 atom stereocenters. The number of benzene rings is 2. The molecule has 4 nitrogen and oxygen atoms in total. The molecule has 1 N–H and O–H groups in total. The lowest BCUT2D eigenvalue weighted by Crippen LogP contribution is -2.27. The number of fused-ring (bicyclic) bond motifs is 1. The Morgan fingerprint density at radius 3 is 2.81 bits per heavy atom. The molecule has 0 spiro atoms. The summed E-state index contributed by atoms with van der Waals surface area (Å²) in [5, 5.41) is 13.9. The molecule has 0 radical (unpaired) electrons. The van der Waals surface area contributed by atoms with Crippen LogP contribution in [-0.2, 0) is 9.53 Å². The highest BCUT2D eigenvalue weighted by atomic mass is 16.5. The van der Waals surface area contributed by atoms with Crippen LogP contribution in [0.3, 0.4) is 0 Å². The fourth-order valence-corrected chi connectivity index (χ4v) is 2.04. The van der Waals surface area contributed by atoms with Gasteiger partial charge in [-0.2, -0.15) is 5.26 Å². The van der Waals surface area contributed by atoms with E-state index in [1.165, 1.54) is 0 Å². The molecule has 0 saturated carbocycles. The maximum Gasteiger partial charge on any atom is 0.262 e. The average Bonchev–Trinajstić information content (AvgIpc) is 2.52. The number of methoxy groups -OCH3 is 1. The van der Waals surface area contributed by atoms with E-state index in [0.29, 0.717) is 13.2 Å². The van der Waals surface area contributed by atoms with Crippen molar-refractivity contribution in [1.82, 2.24) is 5.32 Å². The number of rotatable bonds is 5. The summed E-state index contributed by atoms with van der Waals surface area (Å²) in [7, 11) is 1.56. The maximum absolute atomic E-state index is 11.9. The first kappa shape index (κ1) is 14.8. The van der Waals surface area contributed by atoms with Crippen LogP contribution in [-0.4, -0.2) is 26.2 Å². The van der Waals surface area contributed by atoms with Crippen LogP contribution in [0.5, 0.6) is 0 Å². The Hall–Kier alpha value is -2.64. The minimum Gasteiger partial charge on any atom is -0.383 e. The van der Waals surface area contributed by atoms with E-state index in [1.54, 1.807) is 13.2 Å². The second-order valence-corrected chi connectivity index (χ2v) is 4.49. The van der Waals surface area contributed by atoms with Crippen molar-refractivity contribution in [2.24, 2.45) is 0 Å². The summed E-state index contributed by atoms with van der Waals surface area (Å²) in [6, 6.07) is 15.6. The van der Waals surface area contributed by atoms with E-state index in [4.69, 9.17) is 4.74 Å². The van der Waals surface area contributed by atoms with Crippen LogP contribution in [0.2, 0.25) is 0 Å². The molecule has 106 valence electrons. The van der Waals surface area contributed by atoms with Gasteiger partial charge in [0.15, 0.2) is 0 Å². The Kier molecular flexibility index (Phi) is 5.08. The third-order valence-corrected chi connectivity index (χ3v) is 3.08. The molecule has 0 aliphatic heterocycles. The van der Waals surface area contributed by atoms with Crippen molar-refractivity contribution >= 4 is 22.8 Å². The van der Waals surface area contributed by atoms with Gasteiger partial charge in [-0.3, -0.25) is 4.79 Å². The first-order chi connectivity index (χ1) is 10.3. The number of ether oxygens (including phenoxy) is 1. The van der Waals surface area contributed by atoms with Crippen molar-refractivity contribution in [1.29, 1.82) is 5.26 Å². The second-order valence-electron chi connectivity index (χ2n) is 4.49. The zero-order valence-electron chi connectivity index (χ0n) is 11.8. The molecular weight excluding hydrogens is 264 g/mol. The molecule has 0 aromatic heterocycles. The SMILES string of the molecule is COCCNC(=O)C(C#N)=Cc1cccc2ccccc12. The zero-order chi connectivity index (χ0) is 15.1. The van der Waals surface area contributed by atoms with Crippen LogP contribution in [0, 0.1) is 11.3 Å². The lowest BCUT2D eigenvalue weighted by molar-refractivity contribution is -0.117. The predicted molar refractivity (Wildman–Crippen MR) is 82.4 cm³/mol. The van der Waals surface area contributed by atoms with Crippen molar-refractivity contribution < 1.29 is 9.53 Å². The molecule has 2 rings (SSSR count). The maximum atomic E-state index is 11.9. The van der Waals surface area contributed by atoms with E-state index in [2.05, 4.69) is 5.32 Å². The van der Waals surface area contributed by atoms with Gasteiger partial charge < -0.3 is 10.1 Å². The number of nitrogens with zero attached hydrogens (tertiary/aromatic N) is 1. The van der Waals surface area contributed by atoms with Gasteiger partial charge in [-0.05, 0) is 22.4 Å². The molecule has 21 heavy (non-hydrogen) atoms. The van der Waals surface area contributed by atoms with E-state index in [1.807, 2.05) is 48.5 Å². The van der Waals surface area contributed by atoms with Gasteiger partial charge in [0.05, 0.1) is 6.61 Å². The number of carbonyl (C=O) groups excluding carboxylic acids is 1. The summed E-state index contributed by atoms with van der Waals surface area (Å²) in [5.41, 5.74) is 0.939. The van der Waals surface area contributed by atoms with Crippen LogP contribution in [0.1, 0.15) is 5.56 Å². The molecular formula is C17H16N2O2. The molecule has 0 fully saturated rings. The van der Waals surface area contributed by atoms with Gasteiger partial charge in [0.25, 0.3) is 5.91 Å².